The Labute approximate surface area is 96.7 Å². The molecule has 0 bridgehead atoms. The van der Waals surface area contributed by atoms with E-state index in [2.05, 4.69) is 20.2 Å². The molecule has 0 saturated heterocycles. The molecular formula is C10H10N4OS. The van der Waals surface area contributed by atoms with Crippen LogP contribution in [-0.4, -0.2) is 15.6 Å². The third-order valence-corrected chi connectivity index (χ3v) is 2.47. The van der Waals surface area contributed by atoms with Gasteiger partial charge in [0.1, 0.15) is 5.00 Å². The van der Waals surface area contributed by atoms with Gasteiger partial charge in [-0.2, -0.15) is 0 Å². The molecule has 0 radical (unpaired) electrons. The first-order valence-corrected chi connectivity index (χ1v) is 5.48. The molecule has 0 aliphatic heterocycles. The minimum atomic E-state index is -0.255. The lowest BCUT2D eigenvalue weighted by molar-refractivity contribution is 0.252. The summed E-state index contributed by atoms with van der Waals surface area (Å²) < 4.78 is 3.64. The number of anilines is 1. The van der Waals surface area contributed by atoms with Crippen molar-refractivity contribution in [3.63, 3.8) is 0 Å². The molecule has 0 saturated carbocycles. The van der Waals surface area contributed by atoms with E-state index in [1.807, 2.05) is 30.3 Å². The molecule has 0 aliphatic carbocycles. The van der Waals surface area contributed by atoms with E-state index in [0.717, 1.165) is 17.1 Å². The summed E-state index contributed by atoms with van der Waals surface area (Å²) in [6.45, 7) is 0.499. The van der Waals surface area contributed by atoms with Crippen LogP contribution < -0.4 is 10.6 Å². The number of hydrogen-bond donors (Lipinski definition) is 2. The second-order valence-electron chi connectivity index (χ2n) is 3.08. The Morgan fingerprint density at radius 3 is 2.81 bits per heavy atom. The lowest BCUT2D eigenvalue weighted by Gasteiger charge is -2.04. The first kappa shape index (κ1) is 10.6. The number of nitrogens with zero attached hydrogens (tertiary/aromatic N) is 2. The molecule has 1 aromatic carbocycles. The molecule has 0 spiro atoms. The van der Waals surface area contributed by atoms with Crippen LogP contribution in [0.1, 0.15) is 5.56 Å². The molecule has 0 atom stereocenters. The van der Waals surface area contributed by atoms with E-state index >= 15 is 0 Å². The molecule has 2 amide bonds. The van der Waals surface area contributed by atoms with Gasteiger partial charge >= 0.3 is 6.03 Å². The van der Waals surface area contributed by atoms with Crippen molar-refractivity contribution in [2.24, 2.45) is 0 Å². The molecule has 1 aromatic heterocycles. The highest BCUT2D eigenvalue weighted by Crippen LogP contribution is 2.08. The molecular weight excluding hydrogens is 224 g/mol. The van der Waals surface area contributed by atoms with Gasteiger partial charge in [-0.1, -0.05) is 34.8 Å². The van der Waals surface area contributed by atoms with Crippen molar-refractivity contribution >= 4 is 22.6 Å². The van der Waals surface area contributed by atoms with Crippen LogP contribution in [0.25, 0.3) is 0 Å². The lowest BCUT2D eigenvalue weighted by Crippen LogP contribution is -2.27. The number of carbonyl (C=O) groups excluding carboxylic acids is 1. The van der Waals surface area contributed by atoms with E-state index in [4.69, 9.17) is 0 Å². The second kappa shape index (κ2) is 5.22. The minimum Gasteiger partial charge on any atom is -0.334 e. The Morgan fingerprint density at radius 2 is 2.12 bits per heavy atom. The Morgan fingerprint density at radius 1 is 1.31 bits per heavy atom. The molecule has 2 aromatic rings. The molecule has 0 unspecified atom stereocenters. The number of amides is 2. The van der Waals surface area contributed by atoms with Crippen molar-refractivity contribution in [1.29, 1.82) is 0 Å². The highest BCUT2D eigenvalue weighted by molar-refractivity contribution is 7.10. The summed E-state index contributed by atoms with van der Waals surface area (Å²) in [6.07, 6.45) is 1.51. The third kappa shape index (κ3) is 3.03. The minimum absolute atomic E-state index is 0.255. The first-order valence-electron chi connectivity index (χ1n) is 4.71. The smallest absolute Gasteiger partial charge is 0.320 e. The molecule has 2 N–H and O–H groups in total. The molecule has 1 heterocycles. The van der Waals surface area contributed by atoms with Crippen LogP contribution >= 0.6 is 11.5 Å². The fourth-order valence-corrected chi connectivity index (χ4v) is 1.57. The maximum atomic E-state index is 11.4. The first-order chi connectivity index (χ1) is 7.84. The number of aromatic nitrogens is 2. The fourth-order valence-electron chi connectivity index (χ4n) is 1.16. The van der Waals surface area contributed by atoms with E-state index in [9.17, 15) is 4.79 Å². The van der Waals surface area contributed by atoms with E-state index in [1.165, 1.54) is 6.20 Å². The van der Waals surface area contributed by atoms with Crippen molar-refractivity contribution in [1.82, 2.24) is 14.9 Å². The van der Waals surface area contributed by atoms with Crippen LogP contribution in [0.3, 0.4) is 0 Å². The fraction of sp³-hybridized carbons (Fsp3) is 0.100. The summed E-state index contributed by atoms with van der Waals surface area (Å²) in [5, 5.41) is 9.62. The van der Waals surface area contributed by atoms with Gasteiger partial charge in [-0.3, -0.25) is 5.32 Å². The summed E-state index contributed by atoms with van der Waals surface area (Å²) in [7, 11) is 0. The van der Waals surface area contributed by atoms with Crippen molar-refractivity contribution in [2.45, 2.75) is 6.54 Å². The number of carbonyl (C=O) groups is 1. The SMILES string of the molecule is O=C(NCc1ccccc1)Nc1cnns1. The standard InChI is InChI=1S/C10H10N4OS/c15-10(13-9-7-12-14-16-9)11-6-8-4-2-1-3-5-8/h1-5,7H,6H2,(H2,11,13,15). The predicted molar refractivity (Wildman–Crippen MR) is 62.2 cm³/mol. The van der Waals surface area contributed by atoms with Gasteiger partial charge in [-0.25, -0.2) is 4.79 Å². The normalized spacial score (nSPS) is 9.75. The number of nitrogens with one attached hydrogen (secondary N) is 2. The van der Waals surface area contributed by atoms with Crippen LogP contribution in [0.5, 0.6) is 0 Å². The van der Waals surface area contributed by atoms with Gasteiger partial charge in [0.05, 0.1) is 6.20 Å². The number of urea groups is 1. The molecule has 6 heteroatoms. The topological polar surface area (TPSA) is 66.9 Å². The van der Waals surface area contributed by atoms with Gasteiger partial charge in [0, 0.05) is 18.1 Å². The quantitative estimate of drug-likeness (QED) is 0.851. The van der Waals surface area contributed by atoms with Crippen LogP contribution in [0.15, 0.2) is 36.5 Å². The van der Waals surface area contributed by atoms with Gasteiger partial charge in [0.25, 0.3) is 0 Å². The van der Waals surface area contributed by atoms with Crippen LogP contribution in [0.4, 0.5) is 9.80 Å². The predicted octanol–water partition coefficient (Wildman–Crippen LogP) is 1.86. The van der Waals surface area contributed by atoms with Crippen molar-refractivity contribution in [3.8, 4) is 0 Å². The summed E-state index contributed by atoms with van der Waals surface area (Å²) >= 11 is 1.14. The molecule has 0 fully saturated rings. The van der Waals surface area contributed by atoms with E-state index < -0.39 is 0 Å². The molecule has 16 heavy (non-hydrogen) atoms. The van der Waals surface area contributed by atoms with Gasteiger partial charge in [0.2, 0.25) is 0 Å². The maximum Gasteiger partial charge on any atom is 0.320 e. The van der Waals surface area contributed by atoms with Gasteiger partial charge in [-0.15, -0.1) is 5.10 Å². The van der Waals surface area contributed by atoms with Crippen LogP contribution in [0, 0.1) is 0 Å². The average molecular weight is 234 g/mol. The second-order valence-corrected chi connectivity index (χ2v) is 3.86. The number of benzene rings is 1. The number of rotatable bonds is 3. The lowest BCUT2D eigenvalue weighted by atomic mass is 10.2. The highest BCUT2D eigenvalue weighted by atomic mass is 32.1. The molecule has 2 rings (SSSR count). The Kier molecular flexibility index (Phi) is 3.45. The van der Waals surface area contributed by atoms with Gasteiger partial charge in [-0.05, 0) is 5.56 Å². The maximum absolute atomic E-state index is 11.4. The van der Waals surface area contributed by atoms with Gasteiger partial charge in [0.15, 0.2) is 0 Å². The number of hydrogen-bond acceptors (Lipinski definition) is 4. The Balaban J connectivity index is 1.80. The largest absolute Gasteiger partial charge is 0.334 e. The molecule has 0 aliphatic rings. The van der Waals surface area contributed by atoms with E-state index in [0.29, 0.717) is 11.5 Å². The van der Waals surface area contributed by atoms with Crippen molar-refractivity contribution < 1.29 is 4.79 Å². The summed E-state index contributed by atoms with van der Waals surface area (Å²) in [5.74, 6) is 0. The third-order valence-electron chi connectivity index (χ3n) is 1.89. The highest BCUT2D eigenvalue weighted by Gasteiger charge is 2.02. The zero-order valence-corrected chi connectivity index (χ0v) is 9.20. The van der Waals surface area contributed by atoms with E-state index in [1.54, 1.807) is 0 Å². The molecule has 5 nitrogen and oxygen atoms in total. The van der Waals surface area contributed by atoms with Gasteiger partial charge < -0.3 is 5.32 Å². The Hall–Kier alpha value is -1.95. The monoisotopic (exact) mass is 234 g/mol. The summed E-state index contributed by atoms with van der Waals surface area (Å²) in [5.41, 5.74) is 1.06. The Bertz CT molecular complexity index is 443. The zero-order valence-electron chi connectivity index (χ0n) is 8.38. The summed E-state index contributed by atoms with van der Waals surface area (Å²) in [4.78, 5) is 11.4. The van der Waals surface area contributed by atoms with Crippen LogP contribution in [-0.2, 0) is 6.54 Å². The summed E-state index contributed by atoms with van der Waals surface area (Å²) in [6, 6.07) is 9.45. The zero-order chi connectivity index (χ0) is 11.2. The van der Waals surface area contributed by atoms with Crippen molar-refractivity contribution in [2.75, 3.05) is 5.32 Å². The van der Waals surface area contributed by atoms with Crippen molar-refractivity contribution in [3.05, 3.63) is 42.1 Å². The average Bonchev–Trinajstić information content (AvgIpc) is 2.81. The molecule has 82 valence electrons. The van der Waals surface area contributed by atoms with Crippen LogP contribution in [0.2, 0.25) is 0 Å². The van der Waals surface area contributed by atoms with E-state index in [-0.39, 0.29) is 6.03 Å².